The molecule has 31 heavy (non-hydrogen) atoms. The molecule has 2 amide bonds. The van der Waals surface area contributed by atoms with Gasteiger partial charge in [0.25, 0.3) is 11.8 Å². The highest BCUT2D eigenvalue weighted by Gasteiger charge is 2.23. The van der Waals surface area contributed by atoms with Crippen LogP contribution in [0.2, 0.25) is 0 Å². The van der Waals surface area contributed by atoms with Gasteiger partial charge in [0.05, 0.1) is 6.61 Å². The quantitative estimate of drug-likeness (QED) is 0.649. The van der Waals surface area contributed by atoms with E-state index in [1.54, 1.807) is 15.9 Å². The summed E-state index contributed by atoms with van der Waals surface area (Å²) in [5.74, 6) is 1.68. The molecule has 0 N–H and O–H groups in total. The molecule has 166 valence electrons. The minimum atomic E-state index is -0.100. The van der Waals surface area contributed by atoms with Gasteiger partial charge in [-0.05, 0) is 44.5 Å². The van der Waals surface area contributed by atoms with Gasteiger partial charge in [0.2, 0.25) is 0 Å². The molecule has 0 atom stereocenters. The van der Waals surface area contributed by atoms with Gasteiger partial charge in [0.1, 0.15) is 5.75 Å². The molecule has 1 aliphatic heterocycles. The Kier molecular flexibility index (Phi) is 8.15. The second-order valence-electron chi connectivity index (χ2n) is 7.39. The second kappa shape index (κ2) is 11.2. The molecule has 1 aliphatic rings. The molecule has 1 saturated heterocycles. The van der Waals surface area contributed by atoms with Crippen molar-refractivity contribution in [1.82, 2.24) is 9.80 Å². The first-order valence-corrected chi connectivity index (χ1v) is 10.7. The highest BCUT2D eigenvalue weighted by Crippen LogP contribution is 2.26. The van der Waals surface area contributed by atoms with Gasteiger partial charge in [0, 0.05) is 26.2 Å². The van der Waals surface area contributed by atoms with Gasteiger partial charge < -0.3 is 24.0 Å². The maximum absolute atomic E-state index is 12.6. The molecule has 0 radical (unpaired) electrons. The van der Waals surface area contributed by atoms with Gasteiger partial charge in [-0.15, -0.1) is 0 Å². The fourth-order valence-corrected chi connectivity index (χ4v) is 3.36. The molecule has 2 aromatic rings. The van der Waals surface area contributed by atoms with E-state index in [2.05, 4.69) is 0 Å². The van der Waals surface area contributed by atoms with Crippen LogP contribution in [-0.4, -0.2) is 67.6 Å². The number of aryl methyl sites for hydroxylation is 1. The molecule has 2 aromatic carbocycles. The molecule has 7 nitrogen and oxygen atoms in total. The predicted molar refractivity (Wildman–Crippen MR) is 118 cm³/mol. The van der Waals surface area contributed by atoms with Crippen molar-refractivity contribution in [2.75, 3.05) is 46.0 Å². The van der Waals surface area contributed by atoms with Crippen LogP contribution >= 0.6 is 0 Å². The highest BCUT2D eigenvalue weighted by atomic mass is 16.5. The number of carbonyl (C=O) groups excluding carboxylic acids is 2. The van der Waals surface area contributed by atoms with Gasteiger partial charge in [-0.3, -0.25) is 9.59 Å². The summed E-state index contributed by atoms with van der Waals surface area (Å²) in [6.07, 6.45) is 0.720. The Balaban J connectivity index is 1.46. The SMILES string of the molecule is CCOc1ccccc1OCC(=O)N1CCCN(C(=O)COc2ccc(C)cc2)CC1. The van der Waals surface area contributed by atoms with Gasteiger partial charge in [0.15, 0.2) is 24.7 Å². The van der Waals surface area contributed by atoms with E-state index in [1.165, 1.54) is 0 Å². The molecule has 1 fully saturated rings. The lowest BCUT2D eigenvalue weighted by Gasteiger charge is -2.22. The number of nitrogens with zero attached hydrogens (tertiary/aromatic N) is 2. The average molecular weight is 427 g/mol. The summed E-state index contributed by atoms with van der Waals surface area (Å²) in [6.45, 7) is 6.52. The molecule has 0 bridgehead atoms. The summed E-state index contributed by atoms with van der Waals surface area (Å²) in [7, 11) is 0. The summed E-state index contributed by atoms with van der Waals surface area (Å²) in [5, 5.41) is 0. The first kappa shape index (κ1) is 22.5. The monoisotopic (exact) mass is 426 g/mol. The van der Waals surface area contributed by atoms with Crippen LogP contribution in [0.4, 0.5) is 0 Å². The molecule has 0 unspecified atom stereocenters. The summed E-state index contributed by atoms with van der Waals surface area (Å²) in [5.41, 5.74) is 1.14. The van der Waals surface area contributed by atoms with Crippen LogP contribution in [-0.2, 0) is 9.59 Å². The van der Waals surface area contributed by atoms with Crippen molar-refractivity contribution in [2.24, 2.45) is 0 Å². The Bertz CT molecular complexity index is 869. The Morgan fingerprint density at radius 1 is 0.774 bits per heavy atom. The largest absolute Gasteiger partial charge is 0.490 e. The maximum Gasteiger partial charge on any atom is 0.260 e. The molecular formula is C24H30N2O5. The van der Waals surface area contributed by atoms with E-state index in [0.717, 1.165) is 12.0 Å². The third-order valence-corrected chi connectivity index (χ3v) is 5.08. The number of carbonyl (C=O) groups is 2. The Morgan fingerprint density at radius 3 is 1.90 bits per heavy atom. The lowest BCUT2D eigenvalue weighted by molar-refractivity contribution is -0.135. The van der Waals surface area contributed by atoms with E-state index in [-0.39, 0.29) is 25.0 Å². The third kappa shape index (κ3) is 6.64. The average Bonchev–Trinajstić information content (AvgIpc) is 3.04. The van der Waals surface area contributed by atoms with Crippen LogP contribution in [0.25, 0.3) is 0 Å². The lowest BCUT2D eigenvalue weighted by atomic mass is 10.2. The molecule has 0 aliphatic carbocycles. The van der Waals surface area contributed by atoms with Gasteiger partial charge in [-0.1, -0.05) is 29.8 Å². The Morgan fingerprint density at radius 2 is 1.32 bits per heavy atom. The van der Waals surface area contributed by atoms with Crippen LogP contribution in [0.3, 0.4) is 0 Å². The number of ether oxygens (including phenoxy) is 3. The molecule has 1 heterocycles. The first-order chi connectivity index (χ1) is 15.1. The summed E-state index contributed by atoms with van der Waals surface area (Å²) in [6, 6.07) is 14.9. The lowest BCUT2D eigenvalue weighted by Crippen LogP contribution is -2.40. The second-order valence-corrected chi connectivity index (χ2v) is 7.39. The number of amides is 2. The van der Waals surface area contributed by atoms with E-state index < -0.39 is 0 Å². The maximum atomic E-state index is 12.6. The summed E-state index contributed by atoms with van der Waals surface area (Å²) >= 11 is 0. The molecule has 0 aromatic heterocycles. The van der Waals surface area contributed by atoms with Crippen LogP contribution in [0.5, 0.6) is 17.2 Å². The number of hydrogen-bond donors (Lipinski definition) is 0. The normalized spacial score (nSPS) is 14.0. The van der Waals surface area contributed by atoms with Crippen molar-refractivity contribution < 1.29 is 23.8 Å². The minimum absolute atomic E-state index is 0.00562. The van der Waals surface area contributed by atoms with Crippen molar-refractivity contribution in [3.63, 3.8) is 0 Å². The van der Waals surface area contributed by atoms with Crippen LogP contribution in [0, 0.1) is 6.92 Å². The van der Waals surface area contributed by atoms with E-state index in [4.69, 9.17) is 14.2 Å². The first-order valence-electron chi connectivity index (χ1n) is 10.7. The highest BCUT2D eigenvalue weighted by molar-refractivity contribution is 5.79. The molecular weight excluding hydrogens is 396 g/mol. The van der Waals surface area contributed by atoms with Gasteiger partial charge >= 0.3 is 0 Å². The van der Waals surface area contributed by atoms with Crippen LogP contribution < -0.4 is 14.2 Å². The zero-order chi connectivity index (χ0) is 22.1. The predicted octanol–water partition coefficient (Wildman–Crippen LogP) is 2.91. The molecule has 7 heteroatoms. The molecule has 0 spiro atoms. The Labute approximate surface area is 183 Å². The van der Waals surface area contributed by atoms with E-state index in [0.29, 0.717) is 50.0 Å². The fourth-order valence-electron chi connectivity index (χ4n) is 3.36. The van der Waals surface area contributed by atoms with Crippen LogP contribution in [0.15, 0.2) is 48.5 Å². The number of para-hydroxylation sites is 2. The summed E-state index contributed by atoms with van der Waals surface area (Å²) in [4.78, 5) is 28.7. The zero-order valence-electron chi connectivity index (χ0n) is 18.2. The van der Waals surface area contributed by atoms with E-state index in [1.807, 2.05) is 56.3 Å². The fraction of sp³-hybridized carbons (Fsp3) is 0.417. The molecule has 0 saturated carbocycles. The van der Waals surface area contributed by atoms with Gasteiger partial charge in [-0.2, -0.15) is 0 Å². The van der Waals surface area contributed by atoms with Crippen molar-refractivity contribution in [1.29, 1.82) is 0 Å². The van der Waals surface area contributed by atoms with Crippen molar-refractivity contribution >= 4 is 11.8 Å². The van der Waals surface area contributed by atoms with Crippen molar-refractivity contribution in [3.8, 4) is 17.2 Å². The number of benzene rings is 2. The topological polar surface area (TPSA) is 68.3 Å². The Hall–Kier alpha value is -3.22. The van der Waals surface area contributed by atoms with Crippen molar-refractivity contribution in [3.05, 3.63) is 54.1 Å². The third-order valence-electron chi connectivity index (χ3n) is 5.08. The van der Waals surface area contributed by atoms with E-state index >= 15 is 0 Å². The standard InChI is InChI=1S/C24H30N2O5/c1-3-29-21-7-4-5-8-22(21)31-18-24(28)26-14-6-13-25(15-16-26)23(27)17-30-20-11-9-19(2)10-12-20/h4-5,7-12H,3,6,13-18H2,1-2H3. The smallest absolute Gasteiger partial charge is 0.260 e. The number of rotatable bonds is 8. The van der Waals surface area contributed by atoms with Crippen LogP contribution in [0.1, 0.15) is 18.9 Å². The summed E-state index contributed by atoms with van der Waals surface area (Å²) < 4.78 is 16.8. The van der Waals surface area contributed by atoms with Gasteiger partial charge in [-0.25, -0.2) is 0 Å². The zero-order valence-corrected chi connectivity index (χ0v) is 18.2. The minimum Gasteiger partial charge on any atom is -0.490 e. The van der Waals surface area contributed by atoms with E-state index in [9.17, 15) is 9.59 Å². The number of hydrogen-bond acceptors (Lipinski definition) is 5. The molecule has 3 rings (SSSR count). The van der Waals surface area contributed by atoms with Crippen molar-refractivity contribution in [2.45, 2.75) is 20.3 Å².